The lowest BCUT2D eigenvalue weighted by molar-refractivity contribution is 0.192. The molecule has 0 radical (unpaired) electrons. The van der Waals surface area contributed by atoms with Gasteiger partial charge in [-0.25, -0.2) is 4.39 Å². The molecule has 1 heterocycles. The Bertz CT molecular complexity index is 729. The Morgan fingerprint density at radius 2 is 2.13 bits per heavy atom. The van der Waals surface area contributed by atoms with E-state index in [1.54, 1.807) is 24.3 Å². The second-order valence-corrected chi connectivity index (χ2v) is 6.03. The van der Waals surface area contributed by atoms with Crippen molar-refractivity contribution >= 4 is 5.69 Å². The first kappa shape index (κ1) is 15.4. The van der Waals surface area contributed by atoms with E-state index in [9.17, 15) is 9.50 Å². The topological polar surface area (TPSA) is 32.7 Å². The zero-order valence-electron chi connectivity index (χ0n) is 13.1. The molecule has 2 aromatic carbocycles. The van der Waals surface area contributed by atoms with Crippen LogP contribution in [0.15, 0.2) is 54.6 Å². The molecule has 0 saturated carbocycles. The van der Waals surface area contributed by atoms with E-state index < -0.39 is 0 Å². The van der Waals surface area contributed by atoms with Crippen LogP contribution in [0, 0.1) is 5.82 Å². The molecule has 120 valence electrons. The molecular weight excluding hydrogens is 293 g/mol. The molecule has 0 amide bonds. The Morgan fingerprint density at radius 1 is 1.35 bits per heavy atom. The monoisotopic (exact) mass is 313 g/mol. The highest BCUT2D eigenvalue weighted by atomic mass is 19.1. The molecule has 1 N–H and O–H groups in total. The summed E-state index contributed by atoms with van der Waals surface area (Å²) in [7, 11) is 0. The first-order valence-corrected chi connectivity index (χ1v) is 7.65. The SMILES string of the molecule is C=C(C)CN1CC(Cc2ccccc2F)Oc2cc(O)ccc21. The van der Waals surface area contributed by atoms with Crippen LogP contribution in [0.2, 0.25) is 0 Å². The Hall–Kier alpha value is -2.49. The third-order valence-electron chi connectivity index (χ3n) is 3.87. The van der Waals surface area contributed by atoms with E-state index in [0.717, 1.165) is 11.3 Å². The van der Waals surface area contributed by atoms with E-state index in [1.807, 2.05) is 19.1 Å². The maximum atomic E-state index is 13.9. The van der Waals surface area contributed by atoms with E-state index in [1.165, 1.54) is 6.07 Å². The average Bonchev–Trinajstić information content (AvgIpc) is 2.48. The minimum Gasteiger partial charge on any atom is -0.508 e. The van der Waals surface area contributed by atoms with Gasteiger partial charge in [-0.15, -0.1) is 0 Å². The summed E-state index contributed by atoms with van der Waals surface area (Å²) in [5.74, 6) is 0.564. The van der Waals surface area contributed by atoms with E-state index in [2.05, 4.69) is 11.5 Å². The number of phenols is 1. The summed E-state index contributed by atoms with van der Waals surface area (Å²) in [5.41, 5.74) is 2.60. The van der Waals surface area contributed by atoms with Crippen LogP contribution in [0.1, 0.15) is 12.5 Å². The molecule has 0 saturated heterocycles. The molecule has 1 aliphatic heterocycles. The number of fused-ring (bicyclic) bond motifs is 1. The number of benzene rings is 2. The molecule has 0 bridgehead atoms. The molecule has 0 aliphatic carbocycles. The summed E-state index contributed by atoms with van der Waals surface area (Å²) < 4.78 is 19.9. The fraction of sp³-hybridized carbons (Fsp3) is 0.263. The van der Waals surface area contributed by atoms with Gasteiger partial charge < -0.3 is 14.7 Å². The minimum atomic E-state index is -0.218. The van der Waals surface area contributed by atoms with Gasteiger partial charge in [0.2, 0.25) is 0 Å². The number of aromatic hydroxyl groups is 1. The number of halogens is 1. The Morgan fingerprint density at radius 3 is 2.87 bits per heavy atom. The Labute approximate surface area is 135 Å². The van der Waals surface area contributed by atoms with Crippen molar-refractivity contribution in [1.29, 1.82) is 0 Å². The molecule has 2 aromatic rings. The van der Waals surface area contributed by atoms with Crippen molar-refractivity contribution in [1.82, 2.24) is 0 Å². The second-order valence-electron chi connectivity index (χ2n) is 6.03. The standard InChI is InChI=1S/C19H20FNO2/c1-13(2)11-21-12-16(9-14-5-3-4-6-17(14)20)23-19-10-15(22)7-8-18(19)21/h3-8,10,16,22H,1,9,11-12H2,2H3. The molecule has 3 rings (SSSR count). The summed E-state index contributed by atoms with van der Waals surface area (Å²) in [4.78, 5) is 2.16. The van der Waals surface area contributed by atoms with Crippen LogP contribution in [0.25, 0.3) is 0 Å². The molecule has 4 heteroatoms. The third kappa shape index (κ3) is 3.47. The normalized spacial score (nSPS) is 16.6. The number of phenolic OH excluding ortho intramolecular Hbond substituents is 1. The van der Waals surface area contributed by atoms with Crippen molar-refractivity contribution in [2.45, 2.75) is 19.4 Å². The highest BCUT2D eigenvalue weighted by Gasteiger charge is 2.26. The lowest BCUT2D eigenvalue weighted by Gasteiger charge is -2.36. The van der Waals surface area contributed by atoms with Gasteiger partial charge in [-0.2, -0.15) is 0 Å². The van der Waals surface area contributed by atoms with Crippen LogP contribution in [0.4, 0.5) is 10.1 Å². The van der Waals surface area contributed by atoms with Crippen LogP contribution in [0.3, 0.4) is 0 Å². The molecule has 23 heavy (non-hydrogen) atoms. The molecule has 0 spiro atoms. The molecule has 1 atom stereocenters. The molecular formula is C19H20FNO2. The van der Waals surface area contributed by atoms with E-state index in [-0.39, 0.29) is 17.7 Å². The first-order chi connectivity index (χ1) is 11.0. The van der Waals surface area contributed by atoms with E-state index in [4.69, 9.17) is 4.74 Å². The molecule has 3 nitrogen and oxygen atoms in total. The fourth-order valence-corrected chi connectivity index (χ4v) is 2.91. The van der Waals surface area contributed by atoms with E-state index >= 15 is 0 Å². The lowest BCUT2D eigenvalue weighted by atomic mass is 10.0. The van der Waals surface area contributed by atoms with Crippen molar-refractivity contribution in [2.24, 2.45) is 0 Å². The number of nitrogens with zero attached hydrogens (tertiary/aromatic N) is 1. The zero-order valence-corrected chi connectivity index (χ0v) is 13.1. The summed E-state index contributed by atoms with van der Waals surface area (Å²) in [5, 5.41) is 9.70. The summed E-state index contributed by atoms with van der Waals surface area (Å²) in [6, 6.07) is 11.8. The average molecular weight is 313 g/mol. The van der Waals surface area contributed by atoms with Crippen LogP contribution < -0.4 is 9.64 Å². The number of rotatable bonds is 4. The number of anilines is 1. The van der Waals surface area contributed by atoms with Crippen molar-refractivity contribution in [2.75, 3.05) is 18.0 Å². The summed E-state index contributed by atoms with van der Waals surface area (Å²) >= 11 is 0. The predicted octanol–water partition coefficient (Wildman–Crippen LogP) is 3.92. The van der Waals surface area contributed by atoms with Crippen molar-refractivity contribution in [3.8, 4) is 11.5 Å². The highest BCUT2D eigenvalue weighted by Crippen LogP contribution is 2.37. The highest BCUT2D eigenvalue weighted by molar-refractivity contribution is 5.63. The minimum absolute atomic E-state index is 0.158. The molecule has 0 aromatic heterocycles. The number of hydrogen-bond donors (Lipinski definition) is 1. The largest absolute Gasteiger partial charge is 0.508 e. The van der Waals surface area contributed by atoms with Gasteiger partial charge in [-0.3, -0.25) is 0 Å². The Balaban J connectivity index is 1.87. The van der Waals surface area contributed by atoms with Gasteiger partial charge in [-0.1, -0.05) is 30.4 Å². The van der Waals surface area contributed by atoms with Gasteiger partial charge in [0, 0.05) is 19.0 Å². The zero-order chi connectivity index (χ0) is 16.4. The quantitative estimate of drug-likeness (QED) is 0.869. The summed E-state index contributed by atoms with van der Waals surface area (Å²) in [6.45, 7) is 7.30. The van der Waals surface area contributed by atoms with Gasteiger partial charge in [0.1, 0.15) is 23.4 Å². The number of ether oxygens (including phenoxy) is 1. The van der Waals surface area contributed by atoms with Gasteiger partial charge in [0.25, 0.3) is 0 Å². The number of hydrogen-bond acceptors (Lipinski definition) is 3. The maximum Gasteiger partial charge on any atom is 0.146 e. The van der Waals surface area contributed by atoms with Gasteiger partial charge in [0.05, 0.1) is 12.2 Å². The van der Waals surface area contributed by atoms with Crippen molar-refractivity contribution in [3.05, 3.63) is 66.0 Å². The second kappa shape index (κ2) is 6.32. The predicted molar refractivity (Wildman–Crippen MR) is 89.7 cm³/mol. The Kier molecular flexibility index (Phi) is 4.24. The smallest absolute Gasteiger partial charge is 0.146 e. The van der Waals surface area contributed by atoms with Gasteiger partial charge in [0.15, 0.2) is 0 Å². The maximum absolute atomic E-state index is 13.9. The third-order valence-corrected chi connectivity index (χ3v) is 3.87. The van der Waals surface area contributed by atoms with Gasteiger partial charge in [-0.05, 0) is 30.7 Å². The van der Waals surface area contributed by atoms with E-state index in [0.29, 0.717) is 30.8 Å². The first-order valence-electron chi connectivity index (χ1n) is 7.65. The molecule has 0 fully saturated rings. The van der Waals surface area contributed by atoms with Crippen LogP contribution in [-0.4, -0.2) is 24.3 Å². The van der Waals surface area contributed by atoms with Crippen LogP contribution >= 0.6 is 0 Å². The molecule has 1 unspecified atom stereocenters. The summed E-state index contributed by atoms with van der Waals surface area (Å²) in [6.07, 6.45) is 0.301. The van der Waals surface area contributed by atoms with Crippen molar-refractivity contribution in [3.63, 3.8) is 0 Å². The van der Waals surface area contributed by atoms with Crippen LogP contribution in [-0.2, 0) is 6.42 Å². The molecule has 1 aliphatic rings. The lowest BCUT2D eigenvalue weighted by Crippen LogP contribution is -2.42. The van der Waals surface area contributed by atoms with Gasteiger partial charge >= 0.3 is 0 Å². The fourth-order valence-electron chi connectivity index (χ4n) is 2.91. The van der Waals surface area contributed by atoms with Crippen molar-refractivity contribution < 1.29 is 14.2 Å². The van der Waals surface area contributed by atoms with Crippen LogP contribution in [0.5, 0.6) is 11.5 Å².